The second-order valence-electron chi connectivity index (χ2n) is 5.49. The van der Waals surface area contributed by atoms with Gasteiger partial charge in [0.05, 0.1) is 17.2 Å². The lowest BCUT2D eigenvalue weighted by Crippen LogP contribution is -2.34. The van der Waals surface area contributed by atoms with Crippen LogP contribution < -0.4 is 0 Å². The molecular formula is C12H18N4O2S. The van der Waals surface area contributed by atoms with Crippen molar-refractivity contribution in [3.8, 4) is 0 Å². The Hall–Kier alpha value is -1.11. The van der Waals surface area contributed by atoms with Crippen molar-refractivity contribution in [3.05, 3.63) is 5.82 Å². The van der Waals surface area contributed by atoms with Crippen molar-refractivity contribution in [2.24, 2.45) is 5.41 Å². The number of carboxylic acids is 1. The lowest BCUT2D eigenvalue weighted by atomic mass is 9.86. The summed E-state index contributed by atoms with van der Waals surface area (Å²) in [6, 6.07) is 0. The maximum Gasteiger partial charge on any atom is 0.311 e. The fourth-order valence-electron chi connectivity index (χ4n) is 3.11. The van der Waals surface area contributed by atoms with Gasteiger partial charge in [0.2, 0.25) is 0 Å². The predicted molar refractivity (Wildman–Crippen MR) is 70.8 cm³/mol. The minimum atomic E-state index is -0.703. The van der Waals surface area contributed by atoms with Gasteiger partial charge in [0.25, 0.3) is 0 Å². The van der Waals surface area contributed by atoms with Crippen LogP contribution in [0.2, 0.25) is 0 Å². The summed E-state index contributed by atoms with van der Waals surface area (Å²) < 4.78 is 1.74. The quantitative estimate of drug-likeness (QED) is 0.908. The molecule has 1 unspecified atom stereocenters. The maximum absolute atomic E-state index is 11.6. The van der Waals surface area contributed by atoms with Crippen LogP contribution in [0.4, 0.5) is 0 Å². The molecule has 1 aromatic heterocycles. The monoisotopic (exact) mass is 282 g/mol. The third-order valence-electron chi connectivity index (χ3n) is 4.24. The number of nitrogens with zero attached hydrogens (tertiary/aromatic N) is 4. The first-order valence-corrected chi connectivity index (χ1v) is 7.87. The van der Waals surface area contributed by atoms with E-state index in [1.165, 1.54) is 6.42 Å². The summed E-state index contributed by atoms with van der Waals surface area (Å²) in [5, 5.41) is 21.8. The molecule has 1 aromatic rings. The molecule has 1 N–H and O–H groups in total. The Labute approximate surface area is 115 Å². The number of hydrogen-bond acceptors (Lipinski definition) is 5. The fourth-order valence-corrected chi connectivity index (χ4v) is 4.38. The average molecular weight is 282 g/mol. The standard InChI is InChI=1S/C12H18N4O2S/c17-11(18)12(5-1-2-6-12)8-16-10(13-14-15-16)9-4-3-7-19-9/h9H,1-8H2,(H,17,18). The zero-order chi connectivity index (χ0) is 13.3. The highest BCUT2D eigenvalue weighted by Gasteiger charge is 2.43. The van der Waals surface area contributed by atoms with Gasteiger partial charge in [-0.05, 0) is 41.9 Å². The molecular weight excluding hydrogens is 264 g/mol. The van der Waals surface area contributed by atoms with E-state index in [0.717, 1.165) is 43.7 Å². The predicted octanol–water partition coefficient (Wildman–Crippen LogP) is 1.89. The van der Waals surface area contributed by atoms with Gasteiger partial charge < -0.3 is 5.11 Å². The Morgan fingerprint density at radius 1 is 1.42 bits per heavy atom. The Kier molecular flexibility index (Phi) is 3.47. The molecule has 1 aliphatic heterocycles. The maximum atomic E-state index is 11.6. The third-order valence-corrected chi connectivity index (χ3v) is 5.62. The van der Waals surface area contributed by atoms with Crippen LogP contribution in [0.15, 0.2) is 0 Å². The Morgan fingerprint density at radius 3 is 2.84 bits per heavy atom. The Balaban J connectivity index is 1.82. The number of tetrazole rings is 1. The summed E-state index contributed by atoms with van der Waals surface area (Å²) in [5.74, 6) is 1.29. The first-order valence-electron chi connectivity index (χ1n) is 6.82. The molecule has 7 heteroatoms. The number of aromatic nitrogens is 4. The number of carbonyl (C=O) groups is 1. The molecule has 19 heavy (non-hydrogen) atoms. The van der Waals surface area contributed by atoms with Crippen molar-refractivity contribution >= 4 is 17.7 Å². The molecule has 2 aliphatic rings. The number of rotatable bonds is 4. The normalized spacial score (nSPS) is 25.8. The molecule has 2 heterocycles. The summed E-state index contributed by atoms with van der Waals surface area (Å²) in [4.78, 5) is 11.6. The molecule has 2 fully saturated rings. The van der Waals surface area contributed by atoms with E-state index in [0.29, 0.717) is 11.8 Å². The molecule has 1 atom stereocenters. The smallest absolute Gasteiger partial charge is 0.311 e. The van der Waals surface area contributed by atoms with Crippen molar-refractivity contribution in [3.63, 3.8) is 0 Å². The Morgan fingerprint density at radius 2 is 2.21 bits per heavy atom. The lowest BCUT2D eigenvalue weighted by molar-refractivity contribution is -0.149. The Bertz CT molecular complexity index is 464. The zero-order valence-corrected chi connectivity index (χ0v) is 11.6. The number of carboxylic acid groups (broad SMARTS) is 1. The van der Waals surface area contributed by atoms with Gasteiger partial charge in [-0.15, -0.1) is 5.10 Å². The van der Waals surface area contributed by atoms with E-state index in [-0.39, 0.29) is 0 Å². The van der Waals surface area contributed by atoms with Crippen LogP contribution in [0.25, 0.3) is 0 Å². The summed E-state index contributed by atoms with van der Waals surface area (Å²) >= 11 is 1.87. The lowest BCUT2D eigenvalue weighted by Gasteiger charge is -2.24. The molecule has 1 saturated carbocycles. The molecule has 0 aromatic carbocycles. The van der Waals surface area contributed by atoms with Crippen LogP contribution in [0.3, 0.4) is 0 Å². The van der Waals surface area contributed by atoms with E-state index in [9.17, 15) is 9.90 Å². The van der Waals surface area contributed by atoms with Crippen LogP contribution in [-0.2, 0) is 11.3 Å². The van der Waals surface area contributed by atoms with Crippen molar-refractivity contribution in [2.45, 2.75) is 50.3 Å². The summed E-state index contributed by atoms with van der Waals surface area (Å²) in [5.41, 5.74) is -0.659. The molecule has 1 saturated heterocycles. The van der Waals surface area contributed by atoms with Gasteiger partial charge in [0, 0.05) is 0 Å². The van der Waals surface area contributed by atoms with Crippen molar-refractivity contribution in [2.75, 3.05) is 5.75 Å². The van der Waals surface area contributed by atoms with Gasteiger partial charge in [-0.3, -0.25) is 4.79 Å². The average Bonchev–Trinajstić information content (AvgIpc) is 3.09. The fraction of sp³-hybridized carbons (Fsp3) is 0.833. The molecule has 0 bridgehead atoms. The highest BCUT2D eigenvalue weighted by molar-refractivity contribution is 7.99. The number of hydrogen-bond donors (Lipinski definition) is 1. The highest BCUT2D eigenvalue weighted by atomic mass is 32.2. The number of thioether (sulfide) groups is 1. The summed E-state index contributed by atoms with van der Waals surface area (Å²) in [6.07, 6.45) is 5.72. The van der Waals surface area contributed by atoms with Crippen LogP contribution in [-0.4, -0.2) is 37.0 Å². The molecule has 6 nitrogen and oxygen atoms in total. The van der Waals surface area contributed by atoms with Crippen LogP contribution in [0.1, 0.15) is 49.6 Å². The first kappa shape index (κ1) is 12.9. The molecule has 3 rings (SSSR count). The minimum absolute atomic E-state index is 0.335. The van der Waals surface area contributed by atoms with Crippen molar-refractivity contribution in [1.82, 2.24) is 20.2 Å². The molecule has 0 radical (unpaired) electrons. The van der Waals surface area contributed by atoms with E-state index in [1.54, 1.807) is 4.68 Å². The van der Waals surface area contributed by atoms with Gasteiger partial charge in [-0.2, -0.15) is 11.8 Å². The highest BCUT2D eigenvalue weighted by Crippen LogP contribution is 2.42. The van der Waals surface area contributed by atoms with Gasteiger partial charge in [0.1, 0.15) is 0 Å². The molecule has 0 amide bonds. The molecule has 1 aliphatic carbocycles. The molecule has 0 spiro atoms. The summed E-state index contributed by atoms with van der Waals surface area (Å²) in [7, 11) is 0. The SMILES string of the molecule is O=C(O)C1(Cn2nnnc2C2CCCS2)CCCC1. The van der Waals surface area contributed by atoms with E-state index >= 15 is 0 Å². The van der Waals surface area contributed by atoms with Gasteiger partial charge in [0.15, 0.2) is 5.82 Å². The van der Waals surface area contributed by atoms with Crippen LogP contribution >= 0.6 is 11.8 Å². The van der Waals surface area contributed by atoms with Gasteiger partial charge in [-0.1, -0.05) is 12.8 Å². The molecule has 104 valence electrons. The first-order chi connectivity index (χ1) is 9.21. The van der Waals surface area contributed by atoms with Gasteiger partial charge >= 0.3 is 5.97 Å². The van der Waals surface area contributed by atoms with Crippen LogP contribution in [0.5, 0.6) is 0 Å². The number of aliphatic carboxylic acids is 1. The summed E-state index contributed by atoms with van der Waals surface area (Å²) in [6.45, 7) is 0.418. The van der Waals surface area contributed by atoms with Crippen molar-refractivity contribution in [1.29, 1.82) is 0 Å². The second kappa shape index (κ2) is 5.11. The third kappa shape index (κ3) is 2.35. The second-order valence-corrected chi connectivity index (χ2v) is 6.80. The topological polar surface area (TPSA) is 80.9 Å². The van der Waals surface area contributed by atoms with E-state index in [4.69, 9.17) is 0 Å². The zero-order valence-electron chi connectivity index (χ0n) is 10.8. The van der Waals surface area contributed by atoms with Crippen molar-refractivity contribution < 1.29 is 9.90 Å². The largest absolute Gasteiger partial charge is 0.481 e. The van der Waals surface area contributed by atoms with E-state index < -0.39 is 11.4 Å². The minimum Gasteiger partial charge on any atom is -0.481 e. The van der Waals surface area contributed by atoms with Gasteiger partial charge in [-0.25, -0.2) is 4.68 Å². The van der Waals surface area contributed by atoms with E-state index in [2.05, 4.69) is 15.5 Å². The van der Waals surface area contributed by atoms with Crippen LogP contribution in [0, 0.1) is 5.41 Å². The van der Waals surface area contributed by atoms with E-state index in [1.807, 2.05) is 11.8 Å².